The molecule has 5 nitrogen and oxygen atoms in total. The van der Waals surface area contributed by atoms with Crippen LogP contribution in [0.15, 0.2) is 103 Å². The smallest absolute Gasteiger partial charge is 0.317 e. The number of nitrogens with zero attached hydrogens (tertiary/aromatic N) is 1. The van der Waals surface area contributed by atoms with Crippen LogP contribution in [-0.4, -0.2) is 30.1 Å². The van der Waals surface area contributed by atoms with Gasteiger partial charge in [-0.2, -0.15) is 0 Å². The number of urea groups is 1. The lowest BCUT2D eigenvalue weighted by atomic mass is 10.0. The second-order valence-electron chi connectivity index (χ2n) is 10.5. The number of aryl methyl sites for hydroxylation is 1. The summed E-state index contributed by atoms with van der Waals surface area (Å²) >= 11 is 0. The molecule has 3 atom stereocenters. The van der Waals surface area contributed by atoms with Crippen LogP contribution >= 0.6 is 0 Å². The minimum absolute atomic E-state index is 0.0749. The summed E-state index contributed by atoms with van der Waals surface area (Å²) in [6.45, 7) is 5.43. The molecule has 6 heteroatoms. The first-order chi connectivity index (χ1) is 19.4. The molecule has 4 aromatic carbocycles. The van der Waals surface area contributed by atoms with Crippen LogP contribution in [0.4, 0.5) is 9.18 Å². The number of benzene rings is 4. The maximum Gasteiger partial charge on any atom is 0.317 e. The summed E-state index contributed by atoms with van der Waals surface area (Å²) in [4.78, 5) is 15.2. The standard InChI is InChI=1S/C34H35FN2O3/c1-24-8-10-27(11-9-24)23-39-31-18-12-26(13-19-31)20-25(2)36-34(38)37-21-32(28-6-4-3-5-7-28)40-33(22-37)29-14-16-30(35)17-15-29/h3-19,25,32-33H,20-23H2,1-2H3,(H,36,38). The van der Waals surface area contributed by atoms with E-state index >= 15 is 0 Å². The number of nitrogens with one attached hydrogen (secondary N) is 1. The fourth-order valence-electron chi connectivity index (χ4n) is 4.92. The van der Waals surface area contributed by atoms with Crippen molar-refractivity contribution in [2.75, 3.05) is 13.1 Å². The fourth-order valence-corrected chi connectivity index (χ4v) is 4.92. The minimum Gasteiger partial charge on any atom is -0.489 e. The van der Waals surface area contributed by atoms with E-state index in [2.05, 4.69) is 36.5 Å². The van der Waals surface area contributed by atoms with Gasteiger partial charge in [-0.1, -0.05) is 84.4 Å². The number of hydrogen-bond acceptors (Lipinski definition) is 3. The lowest BCUT2D eigenvalue weighted by molar-refractivity contribution is -0.0769. The Hall–Kier alpha value is -4.16. The molecule has 1 N–H and O–H groups in total. The van der Waals surface area contributed by atoms with E-state index in [1.54, 1.807) is 17.0 Å². The Labute approximate surface area is 235 Å². The van der Waals surface area contributed by atoms with E-state index in [0.29, 0.717) is 26.1 Å². The number of morpholine rings is 1. The van der Waals surface area contributed by atoms with Crippen LogP contribution in [0.1, 0.15) is 46.9 Å². The average molecular weight is 539 g/mol. The molecule has 1 aliphatic heterocycles. The highest BCUT2D eigenvalue weighted by Crippen LogP contribution is 2.33. The third kappa shape index (κ3) is 7.27. The van der Waals surface area contributed by atoms with Crippen molar-refractivity contribution in [3.8, 4) is 5.75 Å². The van der Waals surface area contributed by atoms with Gasteiger partial charge in [0.2, 0.25) is 0 Å². The molecule has 1 saturated heterocycles. The molecule has 2 amide bonds. The summed E-state index contributed by atoms with van der Waals surface area (Å²) in [6, 6.07) is 32.3. The van der Waals surface area contributed by atoms with Crippen molar-refractivity contribution < 1.29 is 18.7 Å². The molecule has 5 rings (SSSR count). The summed E-state index contributed by atoms with van der Waals surface area (Å²) in [6.07, 6.45) is 0.0595. The normalized spacial score (nSPS) is 17.7. The predicted octanol–water partition coefficient (Wildman–Crippen LogP) is 7.17. The summed E-state index contributed by atoms with van der Waals surface area (Å²) in [5.74, 6) is 0.515. The largest absolute Gasteiger partial charge is 0.489 e. The molecule has 3 unspecified atom stereocenters. The van der Waals surface area contributed by atoms with Crippen molar-refractivity contribution >= 4 is 6.03 Å². The van der Waals surface area contributed by atoms with Gasteiger partial charge in [0.1, 0.15) is 30.4 Å². The number of halogens is 1. The first kappa shape index (κ1) is 27.4. The number of amides is 2. The first-order valence-corrected chi connectivity index (χ1v) is 13.7. The van der Waals surface area contributed by atoms with Crippen LogP contribution in [0.25, 0.3) is 0 Å². The molecule has 0 radical (unpaired) electrons. The highest BCUT2D eigenvalue weighted by molar-refractivity contribution is 5.74. The number of carbonyl (C=O) groups excluding carboxylic acids is 1. The van der Waals surface area contributed by atoms with Crippen molar-refractivity contribution in [1.29, 1.82) is 0 Å². The fraction of sp³-hybridized carbons (Fsp3) is 0.265. The van der Waals surface area contributed by atoms with Crippen LogP contribution in [0.2, 0.25) is 0 Å². The quantitative estimate of drug-likeness (QED) is 0.259. The molecule has 206 valence electrons. The zero-order valence-corrected chi connectivity index (χ0v) is 22.9. The Balaban J connectivity index is 1.19. The summed E-state index contributed by atoms with van der Waals surface area (Å²) in [5.41, 5.74) is 5.32. The van der Waals surface area contributed by atoms with Gasteiger partial charge in [-0.15, -0.1) is 0 Å². The number of hydrogen-bond donors (Lipinski definition) is 1. The molecule has 0 saturated carbocycles. The van der Waals surface area contributed by atoms with Crippen molar-refractivity contribution in [3.63, 3.8) is 0 Å². The van der Waals surface area contributed by atoms with Crippen LogP contribution < -0.4 is 10.1 Å². The number of rotatable bonds is 8. The van der Waals surface area contributed by atoms with Crippen molar-refractivity contribution in [2.24, 2.45) is 0 Å². The Bertz CT molecular complexity index is 1380. The average Bonchev–Trinajstić information content (AvgIpc) is 2.98. The zero-order chi connectivity index (χ0) is 27.9. The van der Waals surface area contributed by atoms with Gasteiger partial charge < -0.3 is 19.7 Å². The monoisotopic (exact) mass is 538 g/mol. The molecule has 0 spiro atoms. The maximum atomic E-state index is 13.5. The van der Waals surface area contributed by atoms with Crippen LogP contribution in [-0.2, 0) is 17.8 Å². The van der Waals surface area contributed by atoms with Crippen LogP contribution in [0, 0.1) is 12.7 Å². The molecule has 1 heterocycles. The SMILES string of the molecule is Cc1ccc(COc2ccc(CC(C)NC(=O)N3CC(c4ccccc4)OC(c4ccc(F)cc4)C3)cc2)cc1. The van der Waals surface area contributed by atoms with Crippen LogP contribution in [0.3, 0.4) is 0 Å². The second-order valence-corrected chi connectivity index (χ2v) is 10.5. The highest BCUT2D eigenvalue weighted by atomic mass is 19.1. The number of carbonyl (C=O) groups is 1. The predicted molar refractivity (Wildman–Crippen MR) is 155 cm³/mol. The minimum atomic E-state index is -0.354. The Kier molecular flexibility index (Phi) is 8.77. The van der Waals surface area contributed by atoms with E-state index < -0.39 is 0 Å². The van der Waals surface area contributed by atoms with E-state index in [9.17, 15) is 9.18 Å². The van der Waals surface area contributed by atoms with E-state index in [-0.39, 0.29) is 30.1 Å². The topological polar surface area (TPSA) is 50.8 Å². The van der Waals surface area contributed by atoms with Gasteiger partial charge in [-0.3, -0.25) is 0 Å². The van der Waals surface area contributed by atoms with E-state index in [1.165, 1.54) is 17.7 Å². The second kappa shape index (κ2) is 12.8. The van der Waals surface area contributed by atoms with Crippen LogP contribution in [0.5, 0.6) is 5.75 Å². The van der Waals surface area contributed by atoms with Gasteiger partial charge in [-0.25, -0.2) is 9.18 Å². The summed E-state index contributed by atoms with van der Waals surface area (Å²) in [5, 5.41) is 3.16. The van der Waals surface area contributed by atoms with Gasteiger partial charge in [0.05, 0.1) is 13.1 Å². The molecule has 0 aliphatic carbocycles. The third-order valence-electron chi connectivity index (χ3n) is 7.16. The zero-order valence-electron chi connectivity index (χ0n) is 22.9. The van der Waals surface area contributed by atoms with Gasteiger partial charge in [-0.05, 0) is 66.8 Å². The summed E-state index contributed by atoms with van der Waals surface area (Å²) in [7, 11) is 0. The maximum absolute atomic E-state index is 13.5. The molecular weight excluding hydrogens is 503 g/mol. The molecular formula is C34H35FN2O3. The Morgan fingerprint density at radius 2 is 1.48 bits per heavy atom. The first-order valence-electron chi connectivity index (χ1n) is 13.7. The van der Waals surface area contributed by atoms with Gasteiger partial charge in [0.15, 0.2) is 0 Å². The molecule has 1 aliphatic rings. The van der Waals surface area contributed by atoms with E-state index in [1.807, 2.05) is 61.5 Å². The van der Waals surface area contributed by atoms with E-state index in [4.69, 9.17) is 9.47 Å². The lowest BCUT2D eigenvalue weighted by Crippen LogP contribution is -2.50. The third-order valence-corrected chi connectivity index (χ3v) is 7.16. The molecule has 1 fully saturated rings. The van der Waals surface area contributed by atoms with E-state index in [0.717, 1.165) is 28.0 Å². The Morgan fingerprint density at radius 1 is 0.875 bits per heavy atom. The van der Waals surface area contributed by atoms with Crippen molar-refractivity contribution in [3.05, 3.63) is 137 Å². The van der Waals surface area contributed by atoms with Crippen molar-refractivity contribution in [1.82, 2.24) is 10.2 Å². The number of ether oxygens (including phenoxy) is 2. The van der Waals surface area contributed by atoms with Gasteiger partial charge in [0.25, 0.3) is 0 Å². The van der Waals surface area contributed by atoms with Gasteiger partial charge in [0, 0.05) is 6.04 Å². The highest BCUT2D eigenvalue weighted by Gasteiger charge is 2.32. The van der Waals surface area contributed by atoms with Crippen molar-refractivity contribution in [2.45, 2.75) is 45.1 Å². The Morgan fingerprint density at radius 3 is 2.12 bits per heavy atom. The lowest BCUT2D eigenvalue weighted by Gasteiger charge is -2.39. The molecule has 40 heavy (non-hydrogen) atoms. The molecule has 0 aromatic heterocycles. The molecule has 0 bridgehead atoms. The molecule has 4 aromatic rings. The summed E-state index contributed by atoms with van der Waals surface area (Å²) < 4.78 is 25.9. The van der Waals surface area contributed by atoms with Gasteiger partial charge >= 0.3 is 6.03 Å².